The number of hydrogen-bond donors (Lipinski definition) is 1. The summed E-state index contributed by atoms with van der Waals surface area (Å²) in [6.07, 6.45) is 4.38. The van der Waals surface area contributed by atoms with Crippen LogP contribution in [0.4, 0.5) is 0 Å². The Hall–Kier alpha value is -2.78. The van der Waals surface area contributed by atoms with Crippen molar-refractivity contribution in [3.05, 3.63) is 46.0 Å². The van der Waals surface area contributed by atoms with E-state index in [2.05, 4.69) is 25.4 Å². The number of aromatic amines is 1. The predicted octanol–water partition coefficient (Wildman–Crippen LogP) is 1.89. The minimum atomic E-state index is -0.303. The monoisotopic (exact) mass is 410 g/mol. The Bertz CT molecular complexity index is 1080. The quantitative estimate of drug-likeness (QED) is 0.663. The third kappa shape index (κ3) is 3.59. The summed E-state index contributed by atoms with van der Waals surface area (Å²) >= 11 is 0. The Kier molecular flexibility index (Phi) is 5.22. The molecule has 158 valence electrons. The van der Waals surface area contributed by atoms with Crippen LogP contribution in [0, 0.1) is 0 Å². The molecule has 4 heterocycles. The predicted molar refractivity (Wildman–Crippen MR) is 111 cm³/mol. The van der Waals surface area contributed by atoms with Crippen molar-refractivity contribution < 1.29 is 9.47 Å². The highest BCUT2D eigenvalue weighted by molar-refractivity contribution is 5.80. The van der Waals surface area contributed by atoms with E-state index in [0.717, 1.165) is 62.0 Å². The smallest absolute Gasteiger partial charge is 0.253 e. The SMILES string of the molecule is COc1ccc2[nH]c(=O)c([C@@H](c3nnnn3C[C@@H]3CCCO3)N3CCCC3)cc2c1. The second-order valence-corrected chi connectivity index (χ2v) is 8.01. The minimum absolute atomic E-state index is 0.115. The number of likely N-dealkylation sites (tertiary alicyclic amines) is 1. The maximum Gasteiger partial charge on any atom is 0.253 e. The van der Waals surface area contributed by atoms with E-state index in [1.165, 1.54) is 0 Å². The Labute approximate surface area is 174 Å². The number of aromatic nitrogens is 5. The number of hydrogen-bond acceptors (Lipinski definition) is 7. The number of pyridine rings is 1. The van der Waals surface area contributed by atoms with Gasteiger partial charge in [0.1, 0.15) is 11.8 Å². The normalized spacial score (nSPS) is 20.8. The molecule has 9 heteroatoms. The van der Waals surface area contributed by atoms with Crippen LogP contribution in [0.15, 0.2) is 29.1 Å². The van der Waals surface area contributed by atoms with Gasteiger partial charge in [-0.1, -0.05) is 0 Å². The molecule has 5 rings (SSSR count). The van der Waals surface area contributed by atoms with Gasteiger partial charge in [-0.05, 0) is 73.5 Å². The largest absolute Gasteiger partial charge is 0.497 e. The molecule has 0 unspecified atom stereocenters. The van der Waals surface area contributed by atoms with E-state index in [1.807, 2.05) is 28.9 Å². The van der Waals surface area contributed by atoms with E-state index < -0.39 is 0 Å². The van der Waals surface area contributed by atoms with Gasteiger partial charge in [0, 0.05) is 23.1 Å². The van der Waals surface area contributed by atoms with Crippen molar-refractivity contribution in [1.82, 2.24) is 30.1 Å². The molecule has 1 N–H and O–H groups in total. The average Bonchev–Trinajstić information content (AvgIpc) is 3.53. The van der Waals surface area contributed by atoms with Crippen LogP contribution in [0.25, 0.3) is 10.9 Å². The molecular weight excluding hydrogens is 384 g/mol. The van der Waals surface area contributed by atoms with Gasteiger partial charge in [0.15, 0.2) is 5.82 Å². The van der Waals surface area contributed by atoms with Crippen LogP contribution >= 0.6 is 0 Å². The van der Waals surface area contributed by atoms with Gasteiger partial charge in [-0.15, -0.1) is 5.10 Å². The van der Waals surface area contributed by atoms with Gasteiger partial charge >= 0.3 is 0 Å². The lowest BCUT2D eigenvalue weighted by Crippen LogP contribution is -2.34. The summed E-state index contributed by atoms with van der Waals surface area (Å²) in [6, 6.07) is 7.29. The summed E-state index contributed by atoms with van der Waals surface area (Å²) in [4.78, 5) is 18.4. The van der Waals surface area contributed by atoms with Crippen molar-refractivity contribution in [2.24, 2.45) is 0 Å². The number of ether oxygens (including phenoxy) is 2. The summed E-state index contributed by atoms with van der Waals surface area (Å²) in [5, 5.41) is 13.5. The third-order valence-corrected chi connectivity index (χ3v) is 6.09. The molecule has 0 amide bonds. The Morgan fingerprint density at radius 2 is 2.13 bits per heavy atom. The summed E-state index contributed by atoms with van der Waals surface area (Å²) < 4.78 is 13.0. The van der Waals surface area contributed by atoms with Crippen LogP contribution in [0.2, 0.25) is 0 Å². The van der Waals surface area contributed by atoms with Gasteiger partial charge in [0.05, 0.1) is 19.8 Å². The fraction of sp³-hybridized carbons (Fsp3) is 0.524. The van der Waals surface area contributed by atoms with Crippen LogP contribution in [0.1, 0.15) is 43.1 Å². The molecule has 0 saturated carbocycles. The second-order valence-electron chi connectivity index (χ2n) is 8.01. The standard InChI is InChI=1S/C21H26N6O3/c1-29-15-6-7-18-14(11-15)12-17(21(28)22-18)19(26-8-2-3-9-26)20-23-24-25-27(20)13-16-5-4-10-30-16/h6-7,11-12,16,19H,2-5,8-10,13H2,1H3,(H,22,28)/t16-,19-/m0/s1. The number of rotatable bonds is 6. The Balaban J connectivity index is 1.59. The molecule has 3 aromatic rings. The van der Waals surface area contributed by atoms with Gasteiger partial charge in [0.2, 0.25) is 0 Å². The number of H-pyrrole nitrogens is 1. The van der Waals surface area contributed by atoms with Gasteiger partial charge in [-0.25, -0.2) is 4.68 Å². The van der Waals surface area contributed by atoms with Crippen molar-refractivity contribution in [2.45, 2.75) is 44.4 Å². The average molecular weight is 410 g/mol. The second kappa shape index (κ2) is 8.16. The zero-order chi connectivity index (χ0) is 20.5. The number of tetrazole rings is 1. The highest BCUT2D eigenvalue weighted by atomic mass is 16.5. The van der Waals surface area contributed by atoms with Gasteiger partial charge in [0.25, 0.3) is 5.56 Å². The van der Waals surface area contributed by atoms with Crippen molar-refractivity contribution in [3.8, 4) is 5.75 Å². The molecule has 1 aromatic carbocycles. The first-order valence-corrected chi connectivity index (χ1v) is 10.6. The van der Waals surface area contributed by atoms with E-state index in [-0.39, 0.29) is 17.7 Å². The van der Waals surface area contributed by atoms with Crippen molar-refractivity contribution >= 4 is 10.9 Å². The highest BCUT2D eigenvalue weighted by Gasteiger charge is 2.32. The lowest BCUT2D eigenvalue weighted by atomic mass is 10.0. The number of benzene rings is 1. The summed E-state index contributed by atoms with van der Waals surface area (Å²) in [5.74, 6) is 1.45. The maximum atomic E-state index is 13.1. The molecule has 0 aliphatic carbocycles. The van der Waals surface area contributed by atoms with E-state index in [0.29, 0.717) is 17.9 Å². The van der Waals surface area contributed by atoms with E-state index >= 15 is 0 Å². The maximum absolute atomic E-state index is 13.1. The van der Waals surface area contributed by atoms with Crippen LogP contribution < -0.4 is 10.3 Å². The number of nitrogens with one attached hydrogen (secondary N) is 1. The lowest BCUT2D eigenvalue weighted by molar-refractivity contribution is 0.0912. The Morgan fingerprint density at radius 1 is 1.27 bits per heavy atom. The first-order valence-electron chi connectivity index (χ1n) is 10.6. The van der Waals surface area contributed by atoms with Crippen LogP contribution in [0.3, 0.4) is 0 Å². The zero-order valence-electron chi connectivity index (χ0n) is 17.1. The number of fused-ring (bicyclic) bond motifs is 1. The van der Waals surface area contributed by atoms with Crippen LogP contribution in [-0.2, 0) is 11.3 Å². The molecule has 2 aliphatic heterocycles. The summed E-state index contributed by atoms with van der Waals surface area (Å²) in [7, 11) is 1.64. The van der Waals surface area contributed by atoms with Crippen molar-refractivity contribution in [2.75, 3.05) is 26.8 Å². The van der Waals surface area contributed by atoms with Gasteiger partial charge in [-0.2, -0.15) is 0 Å². The minimum Gasteiger partial charge on any atom is -0.497 e. The summed E-state index contributed by atoms with van der Waals surface area (Å²) in [6.45, 7) is 3.20. The molecule has 0 spiro atoms. The molecule has 2 fully saturated rings. The molecule has 2 saturated heterocycles. The molecule has 2 aliphatic rings. The molecule has 9 nitrogen and oxygen atoms in total. The fourth-order valence-corrected chi connectivity index (χ4v) is 4.55. The molecule has 0 radical (unpaired) electrons. The van der Waals surface area contributed by atoms with E-state index in [4.69, 9.17) is 9.47 Å². The topological polar surface area (TPSA) is 98.2 Å². The molecule has 30 heavy (non-hydrogen) atoms. The molecule has 0 bridgehead atoms. The van der Waals surface area contributed by atoms with E-state index in [1.54, 1.807) is 7.11 Å². The highest BCUT2D eigenvalue weighted by Crippen LogP contribution is 2.30. The number of nitrogens with zero attached hydrogens (tertiary/aromatic N) is 5. The van der Waals surface area contributed by atoms with Crippen LogP contribution in [0.5, 0.6) is 5.75 Å². The lowest BCUT2D eigenvalue weighted by Gasteiger charge is -2.27. The molecule has 2 atom stereocenters. The van der Waals surface area contributed by atoms with Crippen molar-refractivity contribution in [1.29, 1.82) is 0 Å². The van der Waals surface area contributed by atoms with E-state index in [9.17, 15) is 4.79 Å². The molecular formula is C21H26N6O3. The van der Waals surface area contributed by atoms with Gasteiger partial charge in [-0.3, -0.25) is 9.69 Å². The first-order chi connectivity index (χ1) is 14.7. The fourth-order valence-electron chi connectivity index (χ4n) is 4.55. The zero-order valence-corrected chi connectivity index (χ0v) is 17.1. The number of methoxy groups -OCH3 is 1. The Morgan fingerprint density at radius 3 is 2.90 bits per heavy atom. The van der Waals surface area contributed by atoms with Crippen LogP contribution in [-0.4, -0.2) is 63.0 Å². The first kappa shape index (κ1) is 19.2. The summed E-state index contributed by atoms with van der Waals surface area (Å²) in [5.41, 5.74) is 1.32. The van der Waals surface area contributed by atoms with Gasteiger partial charge < -0.3 is 14.5 Å². The van der Waals surface area contributed by atoms with Crippen molar-refractivity contribution in [3.63, 3.8) is 0 Å². The third-order valence-electron chi connectivity index (χ3n) is 6.09. The molecule has 2 aromatic heterocycles.